The van der Waals surface area contributed by atoms with E-state index in [2.05, 4.69) is 0 Å². The quantitative estimate of drug-likeness (QED) is 0.687. The number of aryl methyl sites for hydroxylation is 1. The van der Waals surface area contributed by atoms with Crippen molar-refractivity contribution < 1.29 is 14.8 Å². The molecule has 2 rings (SSSR count). The van der Waals surface area contributed by atoms with Gasteiger partial charge in [0, 0.05) is 29.4 Å². The summed E-state index contributed by atoms with van der Waals surface area (Å²) >= 11 is 0. The number of carboxylic acid groups (broad SMARTS) is 1. The molecule has 2 aromatic rings. The molecular weight excluding hydrogens is 272 g/mol. The van der Waals surface area contributed by atoms with E-state index in [0.717, 1.165) is 16.8 Å². The number of nitro groups is 1. The van der Waals surface area contributed by atoms with Crippen LogP contribution >= 0.6 is 0 Å². The highest BCUT2D eigenvalue weighted by Crippen LogP contribution is 2.31. The Morgan fingerprint density at radius 3 is 2.43 bits per heavy atom. The monoisotopic (exact) mass is 288 g/mol. The second-order valence-corrected chi connectivity index (χ2v) is 5.13. The van der Waals surface area contributed by atoms with Crippen LogP contribution in [-0.2, 0) is 0 Å². The number of rotatable bonds is 4. The van der Waals surface area contributed by atoms with Crippen molar-refractivity contribution in [2.75, 3.05) is 0 Å². The zero-order chi connectivity index (χ0) is 15.7. The number of nitro benzene ring substituents is 1. The Morgan fingerprint density at radius 1 is 1.29 bits per heavy atom. The summed E-state index contributed by atoms with van der Waals surface area (Å²) in [5.41, 5.74) is 2.51. The van der Waals surface area contributed by atoms with E-state index in [1.54, 1.807) is 29.7 Å². The maximum absolute atomic E-state index is 11.3. The van der Waals surface area contributed by atoms with Gasteiger partial charge in [-0.05, 0) is 44.5 Å². The summed E-state index contributed by atoms with van der Waals surface area (Å²) in [7, 11) is 0. The minimum absolute atomic E-state index is 0.0253. The van der Waals surface area contributed by atoms with E-state index in [1.807, 2.05) is 13.8 Å². The Hall–Kier alpha value is -2.63. The Bertz CT molecular complexity index is 716. The maximum atomic E-state index is 11.3. The molecule has 0 radical (unpaired) electrons. The van der Waals surface area contributed by atoms with Gasteiger partial charge in [0.25, 0.3) is 5.69 Å². The van der Waals surface area contributed by atoms with Gasteiger partial charge in [0.1, 0.15) is 5.69 Å². The second-order valence-electron chi connectivity index (χ2n) is 5.13. The van der Waals surface area contributed by atoms with Gasteiger partial charge in [0.2, 0.25) is 0 Å². The van der Waals surface area contributed by atoms with Gasteiger partial charge in [0.05, 0.1) is 4.92 Å². The van der Waals surface area contributed by atoms with Crippen molar-refractivity contribution in [3.8, 4) is 11.3 Å². The molecule has 0 spiro atoms. The fourth-order valence-corrected chi connectivity index (χ4v) is 2.45. The van der Waals surface area contributed by atoms with Crippen LogP contribution in [0, 0.1) is 17.0 Å². The highest BCUT2D eigenvalue weighted by atomic mass is 16.6. The van der Waals surface area contributed by atoms with Crippen LogP contribution in [0.4, 0.5) is 5.69 Å². The predicted octanol–water partition coefficient (Wildman–Crippen LogP) is 3.65. The molecule has 0 bridgehead atoms. The van der Waals surface area contributed by atoms with E-state index in [-0.39, 0.29) is 17.4 Å². The summed E-state index contributed by atoms with van der Waals surface area (Å²) < 4.78 is 1.72. The third kappa shape index (κ3) is 2.65. The summed E-state index contributed by atoms with van der Waals surface area (Å²) in [4.78, 5) is 21.6. The molecule has 0 amide bonds. The molecule has 0 saturated heterocycles. The van der Waals surface area contributed by atoms with Gasteiger partial charge in [-0.25, -0.2) is 4.79 Å². The van der Waals surface area contributed by atoms with E-state index in [4.69, 9.17) is 0 Å². The standard InChI is InChI=1S/C15H16N2O4/c1-9(2)16-13(6-7-14(16)15(18)19)12-5-4-11(17(20)21)8-10(12)3/h4-9H,1-3H3,(H,18,19). The Balaban J connectivity index is 2.62. The zero-order valence-corrected chi connectivity index (χ0v) is 12.0. The number of carboxylic acids is 1. The Morgan fingerprint density at radius 2 is 1.95 bits per heavy atom. The van der Waals surface area contributed by atoms with Crippen molar-refractivity contribution in [1.29, 1.82) is 0 Å². The lowest BCUT2D eigenvalue weighted by Crippen LogP contribution is -2.12. The van der Waals surface area contributed by atoms with Gasteiger partial charge < -0.3 is 9.67 Å². The third-order valence-corrected chi connectivity index (χ3v) is 3.35. The molecule has 6 heteroatoms. The molecule has 1 heterocycles. The summed E-state index contributed by atoms with van der Waals surface area (Å²) in [6, 6.07) is 7.84. The SMILES string of the molecule is Cc1cc([N+](=O)[O-])ccc1-c1ccc(C(=O)O)n1C(C)C. The normalized spacial score (nSPS) is 10.9. The Kier molecular flexibility index (Phi) is 3.80. The van der Waals surface area contributed by atoms with Gasteiger partial charge >= 0.3 is 5.97 Å². The van der Waals surface area contributed by atoms with Crippen LogP contribution in [-0.4, -0.2) is 20.6 Å². The molecule has 0 aliphatic carbocycles. The minimum atomic E-state index is -0.991. The molecule has 21 heavy (non-hydrogen) atoms. The number of aromatic nitrogens is 1. The van der Waals surface area contributed by atoms with Crippen LogP contribution < -0.4 is 0 Å². The topological polar surface area (TPSA) is 85.4 Å². The van der Waals surface area contributed by atoms with Crippen molar-refractivity contribution in [1.82, 2.24) is 4.57 Å². The van der Waals surface area contributed by atoms with Crippen LogP contribution in [0.25, 0.3) is 11.3 Å². The van der Waals surface area contributed by atoms with E-state index < -0.39 is 10.9 Å². The molecule has 0 aliphatic heterocycles. The number of carbonyl (C=O) groups is 1. The largest absolute Gasteiger partial charge is 0.477 e. The van der Waals surface area contributed by atoms with Crippen molar-refractivity contribution in [2.45, 2.75) is 26.8 Å². The molecule has 6 nitrogen and oxygen atoms in total. The molecule has 0 fully saturated rings. The van der Waals surface area contributed by atoms with Crippen LogP contribution in [0.3, 0.4) is 0 Å². The lowest BCUT2D eigenvalue weighted by molar-refractivity contribution is -0.384. The van der Waals surface area contributed by atoms with Crippen LogP contribution in [0.1, 0.15) is 35.9 Å². The van der Waals surface area contributed by atoms with E-state index in [1.165, 1.54) is 12.1 Å². The lowest BCUT2D eigenvalue weighted by Gasteiger charge is -2.16. The van der Waals surface area contributed by atoms with E-state index >= 15 is 0 Å². The lowest BCUT2D eigenvalue weighted by atomic mass is 10.0. The first-order valence-electron chi connectivity index (χ1n) is 6.53. The molecule has 1 aromatic heterocycles. The molecule has 0 atom stereocenters. The first kappa shape index (κ1) is 14.8. The van der Waals surface area contributed by atoms with Crippen LogP contribution in [0.5, 0.6) is 0 Å². The first-order chi connectivity index (χ1) is 9.82. The van der Waals surface area contributed by atoms with Crippen molar-refractivity contribution >= 4 is 11.7 Å². The van der Waals surface area contributed by atoms with Crippen molar-refractivity contribution in [3.05, 3.63) is 51.7 Å². The molecule has 0 saturated carbocycles. The highest BCUT2D eigenvalue weighted by Gasteiger charge is 2.19. The van der Waals surface area contributed by atoms with E-state index in [9.17, 15) is 20.0 Å². The van der Waals surface area contributed by atoms with Gasteiger partial charge in [-0.1, -0.05) is 0 Å². The number of non-ortho nitro benzene ring substituents is 1. The minimum Gasteiger partial charge on any atom is -0.477 e. The molecule has 1 aromatic carbocycles. The summed E-state index contributed by atoms with van der Waals surface area (Å²) in [6.45, 7) is 5.58. The van der Waals surface area contributed by atoms with Crippen LogP contribution in [0.2, 0.25) is 0 Å². The highest BCUT2D eigenvalue weighted by molar-refractivity contribution is 5.88. The molecule has 0 unspecified atom stereocenters. The fraction of sp³-hybridized carbons (Fsp3) is 0.267. The number of aromatic carboxylic acids is 1. The smallest absolute Gasteiger partial charge is 0.352 e. The second kappa shape index (κ2) is 5.40. The predicted molar refractivity (Wildman–Crippen MR) is 78.6 cm³/mol. The average Bonchev–Trinajstić information content (AvgIpc) is 2.83. The van der Waals surface area contributed by atoms with Gasteiger partial charge in [-0.15, -0.1) is 0 Å². The number of hydrogen-bond acceptors (Lipinski definition) is 3. The molecule has 110 valence electrons. The first-order valence-corrected chi connectivity index (χ1v) is 6.53. The Labute approximate surface area is 121 Å². The van der Waals surface area contributed by atoms with Crippen molar-refractivity contribution in [3.63, 3.8) is 0 Å². The van der Waals surface area contributed by atoms with Crippen molar-refractivity contribution in [2.24, 2.45) is 0 Å². The molecule has 0 aliphatic rings. The number of nitrogens with zero attached hydrogens (tertiary/aromatic N) is 2. The summed E-state index contributed by atoms with van der Waals surface area (Å²) in [6.07, 6.45) is 0. The van der Waals surface area contributed by atoms with Crippen LogP contribution in [0.15, 0.2) is 30.3 Å². The number of hydrogen-bond donors (Lipinski definition) is 1. The summed E-state index contributed by atoms with van der Waals surface area (Å²) in [5.74, 6) is -0.991. The van der Waals surface area contributed by atoms with E-state index in [0.29, 0.717) is 0 Å². The van der Waals surface area contributed by atoms with Gasteiger partial charge in [-0.3, -0.25) is 10.1 Å². The molecular formula is C15H16N2O4. The van der Waals surface area contributed by atoms with Gasteiger partial charge in [0.15, 0.2) is 0 Å². The third-order valence-electron chi connectivity index (χ3n) is 3.35. The fourth-order valence-electron chi connectivity index (χ4n) is 2.45. The number of benzene rings is 1. The zero-order valence-electron chi connectivity index (χ0n) is 12.0. The maximum Gasteiger partial charge on any atom is 0.352 e. The summed E-state index contributed by atoms with van der Waals surface area (Å²) in [5, 5.41) is 20.0. The average molecular weight is 288 g/mol. The van der Waals surface area contributed by atoms with Gasteiger partial charge in [-0.2, -0.15) is 0 Å². The molecule has 1 N–H and O–H groups in total.